The van der Waals surface area contributed by atoms with E-state index in [-0.39, 0.29) is 5.91 Å². The van der Waals surface area contributed by atoms with Crippen molar-refractivity contribution in [2.75, 3.05) is 0 Å². The van der Waals surface area contributed by atoms with Crippen molar-refractivity contribution >= 4 is 5.91 Å². The smallest absolute Gasteiger partial charge is 0.220 e. The van der Waals surface area contributed by atoms with Crippen molar-refractivity contribution in [2.45, 2.75) is 50.6 Å². The number of nitrogens with two attached hydrogens (primary N) is 1. The first-order valence-electron chi connectivity index (χ1n) is 6.67. The summed E-state index contributed by atoms with van der Waals surface area (Å²) in [6.45, 7) is 0. The van der Waals surface area contributed by atoms with Crippen LogP contribution >= 0.6 is 0 Å². The second kappa shape index (κ2) is 6.00. The van der Waals surface area contributed by atoms with E-state index in [1.165, 1.54) is 0 Å². The fourth-order valence-electron chi connectivity index (χ4n) is 2.45. The summed E-state index contributed by atoms with van der Waals surface area (Å²) in [5, 5.41) is 7.19. The molecular formula is C13H22N4O. The molecule has 18 heavy (non-hydrogen) atoms. The van der Waals surface area contributed by atoms with Gasteiger partial charge in [0.05, 0.1) is 0 Å². The highest BCUT2D eigenvalue weighted by molar-refractivity contribution is 5.76. The van der Waals surface area contributed by atoms with Gasteiger partial charge in [-0.05, 0) is 38.2 Å². The maximum atomic E-state index is 11.8. The van der Waals surface area contributed by atoms with Gasteiger partial charge in [0.2, 0.25) is 5.91 Å². The molecule has 0 aliphatic heterocycles. The number of carbonyl (C=O) groups is 1. The van der Waals surface area contributed by atoms with Crippen LogP contribution < -0.4 is 11.1 Å². The van der Waals surface area contributed by atoms with Crippen LogP contribution in [0.25, 0.3) is 0 Å². The summed E-state index contributed by atoms with van der Waals surface area (Å²) >= 11 is 0. The van der Waals surface area contributed by atoms with Crippen LogP contribution in [0, 0.1) is 0 Å². The summed E-state index contributed by atoms with van der Waals surface area (Å²) in [7, 11) is 1.90. The third-order valence-electron chi connectivity index (χ3n) is 3.67. The maximum absolute atomic E-state index is 11.8. The molecule has 5 nitrogen and oxygen atoms in total. The second-order valence-electron chi connectivity index (χ2n) is 5.13. The quantitative estimate of drug-likeness (QED) is 0.827. The van der Waals surface area contributed by atoms with Crippen molar-refractivity contribution in [1.82, 2.24) is 15.1 Å². The van der Waals surface area contributed by atoms with E-state index in [1.54, 1.807) is 6.20 Å². The summed E-state index contributed by atoms with van der Waals surface area (Å²) in [6.07, 6.45) is 7.10. The van der Waals surface area contributed by atoms with E-state index in [0.29, 0.717) is 18.5 Å². The maximum Gasteiger partial charge on any atom is 0.220 e. The average Bonchev–Trinajstić information content (AvgIpc) is 2.75. The Bertz CT molecular complexity index is 393. The Hall–Kier alpha value is -1.36. The van der Waals surface area contributed by atoms with Gasteiger partial charge in [0.1, 0.15) is 0 Å². The highest BCUT2D eigenvalue weighted by Crippen LogP contribution is 2.17. The topological polar surface area (TPSA) is 72.9 Å². The summed E-state index contributed by atoms with van der Waals surface area (Å²) in [4.78, 5) is 11.8. The van der Waals surface area contributed by atoms with Crippen molar-refractivity contribution in [3.8, 4) is 0 Å². The summed E-state index contributed by atoms with van der Waals surface area (Å²) in [5.74, 6) is 0.136. The third kappa shape index (κ3) is 3.57. The standard InChI is InChI=1S/C13H22N4O/c1-17-12(8-9-15-17)6-7-13(18)16-11-4-2-10(14)3-5-11/h8-11H,2-7,14H2,1H3,(H,16,18). The molecule has 0 saturated heterocycles. The molecule has 1 fully saturated rings. The molecule has 0 atom stereocenters. The van der Waals surface area contributed by atoms with Gasteiger partial charge in [-0.1, -0.05) is 0 Å². The highest BCUT2D eigenvalue weighted by Gasteiger charge is 2.19. The predicted molar refractivity (Wildman–Crippen MR) is 69.9 cm³/mol. The van der Waals surface area contributed by atoms with E-state index in [2.05, 4.69) is 10.4 Å². The Morgan fingerprint density at radius 2 is 2.22 bits per heavy atom. The van der Waals surface area contributed by atoms with Gasteiger partial charge in [-0.3, -0.25) is 9.48 Å². The molecule has 0 bridgehead atoms. The fraction of sp³-hybridized carbons (Fsp3) is 0.692. The third-order valence-corrected chi connectivity index (χ3v) is 3.67. The van der Waals surface area contributed by atoms with Crippen LogP contribution in [0.4, 0.5) is 0 Å². The minimum atomic E-state index is 0.136. The van der Waals surface area contributed by atoms with Crippen LogP contribution in [0.3, 0.4) is 0 Å². The summed E-state index contributed by atoms with van der Waals surface area (Å²) in [6, 6.07) is 2.60. The lowest BCUT2D eigenvalue weighted by Gasteiger charge is -2.26. The minimum absolute atomic E-state index is 0.136. The largest absolute Gasteiger partial charge is 0.353 e. The molecule has 0 radical (unpaired) electrons. The molecule has 5 heteroatoms. The molecule has 1 heterocycles. The van der Waals surface area contributed by atoms with Gasteiger partial charge in [0.15, 0.2) is 0 Å². The number of hydrogen-bond donors (Lipinski definition) is 2. The predicted octanol–water partition coefficient (Wildman–Crippen LogP) is 0.739. The Labute approximate surface area is 108 Å². The van der Waals surface area contributed by atoms with Crippen molar-refractivity contribution in [3.05, 3.63) is 18.0 Å². The Kier molecular flexibility index (Phi) is 4.36. The van der Waals surface area contributed by atoms with Crippen LogP contribution in [0.5, 0.6) is 0 Å². The number of aryl methyl sites for hydroxylation is 2. The Morgan fingerprint density at radius 1 is 1.50 bits per heavy atom. The molecule has 1 aliphatic carbocycles. The Balaban J connectivity index is 1.71. The lowest BCUT2D eigenvalue weighted by atomic mass is 9.92. The number of amides is 1. The van der Waals surface area contributed by atoms with Crippen LogP contribution in [0.15, 0.2) is 12.3 Å². The minimum Gasteiger partial charge on any atom is -0.353 e. The first-order valence-corrected chi connectivity index (χ1v) is 6.67. The number of aromatic nitrogens is 2. The van der Waals surface area contributed by atoms with E-state index in [1.807, 2.05) is 17.8 Å². The zero-order chi connectivity index (χ0) is 13.0. The van der Waals surface area contributed by atoms with Crippen LogP contribution in [0.1, 0.15) is 37.8 Å². The molecule has 1 saturated carbocycles. The van der Waals surface area contributed by atoms with Crippen molar-refractivity contribution in [1.29, 1.82) is 0 Å². The van der Waals surface area contributed by atoms with Gasteiger partial charge < -0.3 is 11.1 Å². The van der Waals surface area contributed by atoms with Gasteiger partial charge in [0, 0.05) is 37.4 Å². The van der Waals surface area contributed by atoms with Crippen LogP contribution in [-0.4, -0.2) is 27.8 Å². The number of nitrogens with one attached hydrogen (secondary N) is 1. The lowest BCUT2D eigenvalue weighted by molar-refractivity contribution is -0.122. The molecule has 1 aliphatic rings. The fourth-order valence-corrected chi connectivity index (χ4v) is 2.45. The second-order valence-corrected chi connectivity index (χ2v) is 5.13. The van der Waals surface area contributed by atoms with Crippen molar-refractivity contribution < 1.29 is 4.79 Å². The molecule has 1 amide bonds. The van der Waals surface area contributed by atoms with E-state index in [9.17, 15) is 4.79 Å². The van der Waals surface area contributed by atoms with Gasteiger partial charge in [0.25, 0.3) is 0 Å². The number of carbonyl (C=O) groups excluding carboxylic acids is 1. The Morgan fingerprint density at radius 3 is 2.83 bits per heavy atom. The number of hydrogen-bond acceptors (Lipinski definition) is 3. The summed E-state index contributed by atoms with van der Waals surface area (Å²) < 4.78 is 1.81. The zero-order valence-electron chi connectivity index (χ0n) is 10.9. The monoisotopic (exact) mass is 250 g/mol. The number of nitrogens with zero attached hydrogens (tertiary/aromatic N) is 2. The average molecular weight is 250 g/mol. The van der Waals surface area contributed by atoms with Gasteiger partial charge in [-0.2, -0.15) is 5.10 Å². The van der Waals surface area contributed by atoms with E-state index in [0.717, 1.165) is 37.8 Å². The SMILES string of the molecule is Cn1nccc1CCC(=O)NC1CCC(N)CC1. The van der Waals surface area contributed by atoms with Crippen molar-refractivity contribution in [3.63, 3.8) is 0 Å². The molecule has 0 spiro atoms. The normalized spacial score (nSPS) is 23.9. The molecule has 1 aromatic heterocycles. The van der Waals surface area contributed by atoms with Gasteiger partial charge in [-0.15, -0.1) is 0 Å². The van der Waals surface area contributed by atoms with E-state index >= 15 is 0 Å². The molecule has 2 rings (SSSR count). The lowest BCUT2D eigenvalue weighted by Crippen LogP contribution is -2.40. The molecule has 1 aromatic rings. The van der Waals surface area contributed by atoms with E-state index in [4.69, 9.17) is 5.73 Å². The molecule has 3 N–H and O–H groups in total. The first-order chi connectivity index (χ1) is 8.65. The summed E-state index contributed by atoms with van der Waals surface area (Å²) in [5.41, 5.74) is 6.94. The van der Waals surface area contributed by atoms with Gasteiger partial charge >= 0.3 is 0 Å². The molecule has 0 aromatic carbocycles. The van der Waals surface area contributed by atoms with Crippen molar-refractivity contribution in [2.24, 2.45) is 12.8 Å². The molecule has 100 valence electrons. The van der Waals surface area contributed by atoms with Crippen LogP contribution in [0.2, 0.25) is 0 Å². The molecule has 0 unspecified atom stereocenters. The van der Waals surface area contributed by atoms with E-state index < -0.39 is 0 Å². The molecular weight excluding hydrogens is 228 g/mol. The van der Waals surface area contributed by atoms with Gasteiger partial charge in [-0.25, -0.2) is 0 Å². The van der Waals surface area contributed by atoms with Crippen LogP contribution in [-0.2, 0) is 18.3 Å². The zero-order valence-corrected chi connectivity index (χ0v) is 10.9. The first kappa shape index (κ1) is 13.1. The highest BCUT2D eigenvalue weighted by atomic mass is 16.1. The number of rotatable bonds is 4.